The highest BCUT2D eigenvalue weighted by molar-refractivity contribution is 7.99. The SMILES string of the molecule is COC(=O)c1ccccc1Sc1c(F)c(Oc2cc(C#N)ccc2OCc2ccccc2)nc(Oc2ccccc2C2NCCN2C)c1F. The van der Waals surface area contributed by atoms with Crippen LogP contribution in [0.25, 0.3) is 0 Å². The van der Waals surface area contributed by atoms with Gasteiger partial charge in [-0.05, 0) is 42.9 Å². The normalized spacial score (nSPS) is 14.2. The number of carbonyl (C=O) groups is 1. The lowest BCUT2D eigenvalue weighted by Crippen LogP contribution is -2.24. The maximum Gasteiger partial charge on any atom is 0.339 e. The Morgan fingerprint density at radius 1 is 0.939 bits per heavy atom. The third-order valence-corrected chi connectivity index (χ3v) is 8.80. The van der Waals surface area contributed by atoms with Gasteiger partial charge >= 0.3 is 5.97 Å². The summed E-state index contributed by atoms with van der Waals surface area (Å²) in [4.78, 5) is 18.5. The molecule has 12 heteroatoms. The van der Waals surface area contributed by atoms with Crippen LogP contribution in [-0.4, -0.2) is 43.1 Å². The van der Waals surface area contributed by atoms with E-state index in [1.165, 1.54) is 31.4 Å². The van der Waals surface area contributed by atoms with Crippen molar-refractivity contribution >= 4 is 17.7 Å². The molecule has 2 heterocycles. The fourth-order valence-corrected chi connectivity index (χ4v) is 6.16. The first-order valence-corrected chi connectivity index (χ1v) is 16.0. The quantitative estimate of drug-likeness (QED) is 0.139. The van der Waals surface area contributed by atoms with Crippen LogP contribution in [0.4, 0.5) is 8.78 Å². The van der Waals surface area contributed by atoms with E-state index in [4.69, 9.17) is 18.9 Å². The summed E-state index contributed by atoms with van der Waals surface area (Å²) in [5.74, 6) is -3.68. The average Bonchev–Trinajstić information content (AvgIpc) is 3.57. The van der Waals surface area contributed by atoms with Gasteiger partial charge in [0, 0.05) is 29.6 Å². The number of carbonyl (C=O) groups excluding carboxylic acids is 1. The van der Waals surface area contributed by atoms with Crippen LogP contribution < -0.4 is 19.5 Å². The minimum absolute atomic E-state index is 0.0259. The highest BCUT2D eigenvalue weighted by Gasteiger charge is 2.29. The van der Waals surface area contributed by atoms with Gasteiger partial charge in [0.2, 0.25) is 11.6 Å². The summed E-state index contributed by atoms with van der Waals surface area (Å²) in [6, 6.07) is 29.2. The first-order valence-electron chi connectivity index (χ1n) is 15.2. The molecule has 9 nitrogen and oxygen atoms in total. The van der Waals surface area contributed by atoms with Gasteiger partial charge in [0.25, 0.3) is 11.8 Å². The maximum atomic E-state index is 16.4. The number of pyridine rings is 1. The molecule has 0 amide bonds. The zero-order valence-electron chi connectivity index (χ0n) is 26.5. The van der Waals surface area contributed by atoms with Gasteiger partial charge in [-0.25, -0.2) is 4.79 Å². The third-order valence-electron chi connectivity index (χ3n) is 7.66. The average molecular weight is 681 g/mol. The number of likely N-dealkylation sites (N-methyl/N-ethyl adjacent to an activating group) is 1. The van der Waals surface area contributed by atoms with E-state index in [1.54, 1.807) is 30.3 Å². The molecular formula is C37H30F2N4O5S. The van der Waals surface area contributed by atoms with Crippen LogP contribution in [-0.2, 0) is 11.3 Å². The van der Waals surface area contributed by atoms with Crippen molar-refractivity contribution in [2.45, 2.75) is 22.6 Å². The van der Waals surface area contributed by atoms with E-state index in [-0.39, 0.29) is 40.3 Å². The standard InChI is InChI=1S/C37H30F2N4O5S/c1-43-19-18-41-34(43)25-12-6-8-14-27(25)47-35-31(38)33(49-30-15-9-7-13-26(30)37(44)45-2)32(39)36(42-35)48-29-20-24(21-40)16-17-28(29)46-22-23-10-4-3-5-11-23/h3-17,20,34,41H,18-19,22H2,1-2H3. The highest BCUT2D eigenvalue weighted by atomic mass is 32.2. The van der Waals surface area contributed by atoms with E-state index in [0.29, 0.717) is 17.5 Å². The zero-order chi connectivity index (χ0) is 34.3. The number of halogens is 2. The van der Waals surface area contributed by atoms with Gasteiger partial charge < -0.3 is 18.9 Å². The van der Waals surface area contributed by atoms with Crippen LogP contribution in [0.3, 0.4) is 0 Å². The first kappa shape index (κ1) is 33.4. The molecule has 1 aliphatic rings. The molecule has 0 spiro atoms. The number of benzene rings is 4. The lowest BCUT2D eigenvalue weighted by Gasteiger charge is -2.22. The molecule has 5 aromatic rings. The van der Waals surface area contributed by atoms with E-state index < -0.39 is 34.3 Å². The lowest BCUT2D eigenvalue weighted by molar-refractivity contribution is 0.0596. The second kappa shape index (κ2) is 15.2. The second-order valence-corrected chi connectivity index (χ2v) is 11.9. The molecule has 1 fully saturated rings. The van der Waals surface area contributed by atoms with Crippen LogP contribution >= 0.6 is 11.8 Å². The van der Waals surface area contributed by atoms with Gasteiger partial charge in [-0.2, -0.15) is 19.0 Å². The van der Waals surface area contributed by atoms with Crippen molar-refractivity contribution in [2.24, 2.45) is 0 Å². The number of ether oxygens (including phenoxy) is 4. The summed E-state index contributed by atoms with van der Waals surface area (Å²) in [5, 5.41) is 13.0. The summed E-state index contributed by atoms with van der Waals surface area (Å²) >= 11 is 0.655. The van der Waals surface area contributed by atoms with Crippen LogP contribution in [0.2, 0.25) is 0 Å². The highest BCUT2D eigenvalue weighted by Crippen LogP contribution is 2.44. The molecule has 0 saturated carbocycles. The van der Waals surface area contributed by atoms with Gasteiger partial charge in [-0.15, -0.1) is 0 Å². The number of hydrogen-bond acceptors (Lipinski definition) is 10. The van der Waals surface area contributed by atoms with Crippen molar-refractivity contribution in [2.75, 3.05) is 27.2 Å². The molecule has 0 radical (unpaired) electrons. The Bertz CT molecular complexity index is 2030. The summed E-state index contributed by atoms with van der Waals surface area (Å²) < 4.78 is 55.8. The van der Waals surface area contributed by atoms with Gasteiger partial charge in [0.05, 0.1) is 35.4 Å². The predicted molar refractivity (Wildman–Crippen MR) is 178 cm³/mol. The molecule has 1 atom stereocenters. The molecule has 1 N–H and O–H groups in total. The van der Waals surface area contributed by atoms with Crippen LogP contribution in [0.15, 0.2) is 107 Å². The topological polar surface area (TPSA) is 106 Å². The molecular weight excluding hydrogens is 650 g/mol. The Balaban J connectivity index is 1.44. The van der Waals surface area contributed by atoms with Crippen molar-refractivity contribution in [1.82, 2.24) is 15.2 Å². The number of esters is 1. The van der Waals surface area contributed by atoms with E-state index in [0.717, 1.165) is 24.2 Å². The Kier molecular flexibility index (Phi) is 10.3. The smallest absolute Gasteiger partial charge is 0.339 e. The minimum Gasteiger partial charge on any atom is -0.485 e. The van der Waals surface area contributed by atoms with Gasteiger partial charge in [-0.3, -0.25) is 10.2 Å². The summed E-state index contributed by atoms with van der Waals surface area (Å²) in [5.41, 5.74) is 1.90. The van der Waals surface area contributed by atoms with E-state index in [9.17, 15) is 10.1 Å². The number of aromatic nitrogens is 1. The Labute approximate surface area is 286 Å². The second-order valence-electron chi connectivity index (χ2n) is 10.9. The van der Waals surface area contributed by atoms with E-state index in [1.807, 2.05) is 55.6 Å². The minimum atomic E-state index is -1.16. The number of nitriles is 1. The number of nitrogens with zero attached hydrogens (tertiary/aromatic N) is 3. The van der Waals surface area contributed by atoms with Crippen molar-refractivity contribution in [3.63, 3.8) is 0 Å². The number of rotatable bonds is 11. The first-order chi connectivity index (χ1) is 23.9. The van der Waals surface area contributed by atoms with Crippen molar-refractivity contribution in [3.05, 3.63) is 131 Å². The van der Waals surface area contributed by atoms with Crippen LogP contribution in [0.5, 0.6) is 29.0 Å². The molecule has 1 aromatic heterocycles. The van der Waals surface area contributed by atoms with E-state index >= 15 is 8.78 Å². The molecule has 6 rings (SSSR count). The van der Waals surface area contributed by atoms with Crippen LogP contribution in [0.1, 0.15) is 33.2 Å². The maximum absolute atomic E-state index is 16.4. The fourth-order valence-electron chi connectivity index (χ4n) is 5.18. The largest absolute Gasteiger partial charge is 0.485 e. The van der Waals surface area contributed by atoms with Crippen molar-refractivity contribution in [3.8, 4) is 35.1 Å². The Hall–Kier alpha value is -5.48. The number of nitrogens with one attached hydrogen (secondary N) is 1. The van der Waals surface area contributed by atoms with Crippen LogP contribution in [0, 0.1) is 23.0 Å². The molecule has 49 heavy (non-hydrogen) atoms. The summed E-state index contributed by atoms with van der Waals surface area (Å²) in [7, 11) is 3.17. The lowest BCUT2D eigenvalue weighted by atomic mass is 10.1. The van der Waals surface area contributed by atoms with Crippen molar-refractivity contribution in [1.29, 1.82) is 5.26 Å². The van der Waals surface area contributed by atoms with Gasteiger partial charge in [-0.1, -0.05) is 72.4 Å². The number of para-hydroxylation sites is 1. The fraction of sp³-hybridized carbons (Fsp3) is 0.162. The molecule has 1 aliphatic heterocycles. The molecule has 0 bridgehead atoms. The molecule has 4 aromatic carbocycles. The van der Waals surface area contributed by atoms with Gasteiger partial charge in [0.15, 0.2) is 11.5 Å². The van der Waals surface area contributed by atoms with Crippen molar-refractivity contribution < 1.29 is 32.5 Å². The molecule has 248 valence electrons. The third kappa shape index (κ3) is 7.49. The predicted octanol–water partition coefficient (Wildman–Crippen LogP) is 7.87. The van der Waals surface area contributed by atoms with E-state index in [2.05, 4.69) is 15.2 Å². The molecule has 0 aliphatic carbocycles. The molecule has 1 unspecified atom stereocenters. The summed E-state index contributed by atoms with van der Waals surface area (Å²) in [6.45, 7) is 1.69. The number of methoxy groups -OCH3 is 1. The summed E-state index contributed by atoms with van der Waals surface area (Å²) in [6.07, 6.45) is -0.214. The van der Waals surface area contributed by atoms with Gasteiger partial charge in [0.1, 0.15) is 12.4 Å². The Morgan fingerprint density at radius 3 is 2.35 bits per heavy atom. The Morgan fingerprint density at radius 2 is 1.63 bits per heavy atom. The molecule has 1 saturated heterocycles. The monoisotopic (exact) mass is 680 g/mol. The number of hydrogen-bond donors (Lipinski definition) is 1. The zero-order valence-corrected chi connectivity index (χ0v) is 27.3.